The van der Waals surface area contributed by atoms with Crippen LogP contribution in [0, 0.1) is 0 Å². The highest BCUT2D eigenvalue weighted by Gasteiger charge is 2.18. The minimum atomic E-state index is 0.601. The van der Waals surface area contributed by atoms with Gasteiger partial charge in [0.1, 0.15) is 0 Å². The molecular weight excluding hydrogens is 242 g/mol. The molecule has 0 bridgehead atoms. The zero-order chi connectivity index (χ0) is 13.4. The molecule has 2 aromatic carbocycles. The maximum absolute atomic E-state index is 5.49. The first-order valence-corrected chi connectivity index (χ1v) is 5.99. The number of nitrogens with one attached hydrogen (secondary N) is 1. The van der Waals surface area contributed by atoms with Crippen LogP contribution in [0.2, 0.25) is 0 Å². The monoisotopic (exact) mass is 257 g/mol. The number of rotatable bonds is 3. The van der Waals surface area contributed by atoms with Crippen molar-refractivity contribution in [1.29, 1.82) is 0 Å². The molecule has 1 aromatic heterocycles. The fourth-order valence-electron chi connectivity index (χ4n) is 2.45. The second-order valence-corrected chi connectivity index (χ2v) is 4.24. The van der Waals surface area contributed by atoms with E-state index < -0.39 is 0 Å². The molecular formula is C15H15NO3. The van der Waals surface area contributed by atoms with Crippen molar-refractivity contribution in [2.24, 2.45) is 0 Å². The van der Waals surface area contributed by atoms with E-state index in [1.165, 1.54) is 0 Å². The topological polar surface area (TPSA) is 43.5 Å². The molecule has 4 nitrogen and oxygen atoms in total. The van der Waals surface area contributed by atoms with Crippen LogP contribution < -0.4 is 14.2 Å². The number of methoxy groups -OCH3 is 3. The third kappa shape index (κ3) is 1.60. The molecule has 1 N–H and O–H groups in total. The quantitative estimate of drug-likeness (QED) is 0.782. The van der Waals surface area contributed by atoms with Crippen molar-refractivity contribution >= 4 is 21.8 Å². The first-order chi connectivity index (χ1) is 9.30. The van der Waals surface area contributed by atoms with Crippen LogP contribution >= 0.6 is 0 Å². The second kappa shape index (κ2) is 4.39. The third-order valence-corrected chi connectivity index (χ3v) is 3.31. The Labute approximate surface area is 110 Å². The largest absolute Gasteiger partial charge is 0.493 e. The van der Waals surface area contributed by atoms with Crippen molar-refractivity contribution < 1.29 is 14.2 Å². The molecule has 0 radical (unpaired) electrons. The van der Waals surface area contributed by atoms with E-state index in [9.17, 15) is 0 Å². The van der Waals surface area contributed by atoms with Gasteiger partial charge in [-0.1, -0.05) is 18.2 Å². The van der Waals surface area contributed by atoms with Gasteiger partial charge in [-0.2, -0.15) is 0 Å². The minimum absolute atomic E-state index is 0.601. The number of ether oxygens (including phenoxy) is 3. The molecule has 1 heterocycles. The fourth-order valence-corrected chi connectivity index (χ4v) is 2.45. The highest BCUT2D eigenvalue weighted by atomic mass is 16.5. The normalized spacial score (nSPS) is 10.9. The van der Waals surface area contributed by atoms with Gasteiger partial charge in [-0.05, 0) is 12.1 Å². The van der Waals surface area contributed by atoms with E-state index in [4.69, 9.17) is 14.2 Å². The molecule has 0 fully saturated rings. The maximum atomic E-state index is 5.49. The molecule has 0 unspecified atom stereocenters. The Bertz CT molecular complexity index is 746. The van der Waals surface area contributed by atoms with Crippen LogP contribution in [0.25, 0.3) is 21.8 Å². The van der Waals surface area contributed by atoms with Crippen LogP contribution in [0.3, 0.4) is 0 Å². The summed E-state index contributed by atoms with van der Waals surface area (Å²) in [6.07, 6.45) is 0. The predicted octanol–water partition coefficient (Wildman–Crippen LogP) is 3.35. The molecule has 19 heavy (non-hydrogen) atoms. The molecule has 0 saturated heterocycles. The third-order valence-electron chi connectivity index (χ3n) is 3.31. The van der Waals surface area contributed by atoms with Gasteiger partial charge in [0.05, 0.1) is 26.8 Å². The van der Waals surface area contributed by atoms with Crippen LogP contribution in [0.4, 0.5) is 0 Å². The zero-order valence-corrected chi connectivity index (χ0v) is 11.1. The summed E-state index contributed by atoms with van der Waals surface area (Å²) in [4.78, 5) is 3.36. The van der Waals surface area contributed by atoms with E-state index in [0.29, 0.717) is 17.2 Å². The molecule has 98 valence electrons. The SMILES string of the molecule is COc1cc2c([nH]c3ccccc32)c(OC)c1OC. The van der Waals surface area contributed by atoms with Crippen molar-refractivity contribution in [1.82, 2.24) is 4.98 Å². The number of H-pyrrole nitrogens is 1. The Balaban J connectivity index is 2.49. The lowest BCUT2D eigenvalue weighted by atomic mass is 10.1. The van der Waals surface area contributed by atoms with Crippen molar-refractivity contribution in [2.75, 3.05) is 21.3 Å². The summed E-state index contributed by atoms with van der Waals surface area (Å²) in [5, 5.41) is 2.20. The molecule has 0 atom stereocenters. The van der Waals surface area contributed by atoms with E-state index >= 15 is 0 Å². The fraction of sp³-hybridized carbons (Fsp3) is 0.200. The van der Waals surface area contributed by atoms with Gasteiger partial charge in [0, 0.05) is 16.3 Å². The Morgan fingerprint density at radius 1 is 0.842 bits per heavy atom. The first-order valence-electron chi connectivity index (χ1n) is 5.99. The summed E-state index contributed by atoms with van der Waals surface area (Å²) in [6.45, 7) is 0. The van der Waals surface area contributed by atoms with Gasteiger partial charge in [-0.25, -0.2) is 0 Å². The lowest BCUT2D eigenvalue weighted by molar-refractivity contribution is 0.327. The summed E-state index contributed by atoms with van der Waals surface area (Å²) >= 11 is 0. The minimum Gasteiger partial charge on any atom is -0.493 e. The molecule has 0 amide bonds. The number of para-hydroxylation sites is 1. The molecule has 0 aliphatic heterocycles. The second-order valence-electron chi connectivity index (χ2n) is 4.24. The summed E-state index contributed by atoms with van der Waals surface area (Å²) in [5.41, 5.74) is 1.98. The average molecular weight is 257 g/mol. The smallest absolute Gasteiger partial charge is 0.205 e. The van der Waals surface area contributed by atoms with Crippen LogP contribution in [-0.4, -0.2) is 26.3 Å². The summed E-state index contributed by atoms with van der Waals surface area (Å²) < 4.78 is 16.3. The van der Waals surface area contributed by atoms with Crippen molar-refractivity contribution in [3.63, 3.8) is 0 Å². The molecule has 3 rings (SSSR count). The number of hydrogen-bond acceptors (Lipinski definition) is 3. The average Bonchev–Trinajstić information content (AvgIpc) is 2.83. The van der Waals surface area contributed by atoms with Crippen molar-refractivity contribution in [2.45, 2.75) is 0 Å². The highest BCUT2D eigenvalue weighted by Crippen LogP contribution is 2.44. The van der Waals surface area contributed by atoms with Gasteiger partial charge < -0.3 is 19.2 Å². The lowest BCUT2D eigenvalue weighted by Gasteiger charge is -2.12. The molecule has 0 aliphatic carbocycles. The van der Waals surface area contributed by atoms with Crippen LogP contribution in [-0.2, 0) is 0 Å². The van der Waals surface area contributed by atoms with Crippen LogP contribution in [0.15, 0.2) is 30.3 Å². The van der Waals surface area contributed by atoms with E-state index in [2.05, 4.69) is 11.1 Å². The molecule has 4 heteroatoms. The predicted molar refractivity (Wildman–Crippen MR) is 75.5 cm³/mol. The van der Waals surface area contributed by atoms with E-state index in [1.54, 1.807) is 21.3 Å². The van der Waals surface area contributed by atoms with E-state index in [1.807, 2.05) is 24.3 Å². The van der Waals surface area contributed by atoms with Crippen LogP contribution in [0.1, 0.15) is 0 Å². The number of fused-ring (bicyclic) bond motifs is 3. The van der Waals surface area contributed by atoms with Crippen molar-refractivity contribution in [3.8, 4) is 17.2 Å². The number of aromatic nitrogens is 1. The van der Waals surface area contributed by atoms with Gasteiger partial charge in [-0.3, -0.25) is 0 Å². The standard InChI is InChI=1S/C15H15NO3/c1-17-12-8-10-9-6-4-5-7-11(9)16-13(10)15(19-3)14(12)18-2/h4-8,16H,1-3H3. The summed E-state index contributed by atoms with van der Waals surface area (Å²) in [6, 6.07) is 10.1. The van der Waals surface area contributed by atoms with E-state index in [-0.39, 0.29) is 0 Å². The lowest BCUT2D eigenvalue weighted by Crippen LogP contribution is -1.95. The number of aromatic amines is 1. The van der Waals surface area contributed by atoms with E-state index in [0.717, 1.165) is 21.8 Å². The summed E-state index contributed by atoms with van der Waals surface area (Å²) in [7, 11) is 4.86. The Hall–Kier alpha value is -2.36. The van der Waals surface area contributed by atoms with Gasteiger partial charge in [0.2, 0.25) is 5.75 Å². The molecule has 0 saturated carbocycles. The van der Waals surface area contributed by atoms with Gasteiger partial charge in [0.15, 0.2) is 11.5 Å². The molecule has 0 spiro atoms. The highest BCUT2D eigenvalue weighted by molar-refractivity contribution is 6.10. The Morgan fingerprint density at radius 3 is 2.26 bits per heavy atom. The maximum Gasteiger partial charge on any atom is 0.205 e. The molecule has 0 aliphatic rings. The molecule has 3 aromatic rings. The van der Waals surface area contributed by atoms with Crippen molar-refractivity contribution in [3.05, 3.63) is 30.3 Å². The zero-order valence-electron chi connectivity index (χ0n) is 11.1. The van der Waals surface area contributed by atoms with Crippen LogP contribution in [0.5, 0.6) is 17.2 Å². The Kier molecular flexibility index (Phi) is 2.71. The Morgan fingerprint density at radius 2 is 1.58 bits per heavy atom. The van der Waals surface area contributed by atoms with Gasteiger partial charge in [0.25, 0.3) is 0 Å². The number of hydrogen-bond donors (Lipinski definition) is 1. The summed E-state index contributed by atoms with van der Waals surface area (Å²) in [5.74, 6) is 1.92. The first kappa shape index (κ1) is 11.7. The van der Waals surface area contributed by atoms with Gasteiger partial charge in [-0.15, -0.1) is 0 Å². The number of benzene rings is 2. The van der Waals surface area contributed by atoms with Gasteiger partial charge >= 0.3 is 0 Å².